The van der Waals surface area contributed by atoms with Crippen LogP contribution in [0, 0.1) is 6.92 Å². The highest BCUT2D eigenvalue weighted by molar-refractivity contribution is 5.23. The summed E-state index contributed by atoms with van der Waals surface area (Å²) < 4.78 is 5.08. The van der Waals surface area contributed by atoms with E-state index in [-0.39, 0.29) is 0 Å². The zero-order valence-electron chi connectivity index (χ0n) is 8.94. The van der Waals surface area contributed by atoms with Gasteiger partial charge in [0.05, 0.1) is 0 Å². The Morgan fingerprint density at radius 3 is 3.13 bits per heavy atom. The van der Waals surface area contributed by atoms with Crippen molar-refractivity contribution in [1.82, 2.24) is 15.0 Å². The maximum absolute atomic E-state index is 5.08. The van der Waals surface area contributed by atoms with Gasteiger partial charge in [-0.05, 0) is 32.7 Å². The molecule has 15 heavy (non-hydrogen) atoms. The minimum absolute atomic E-state index is 0.493. The number of aromatic nitrogens is 2. The summed E-state index contributed by atoms with van der Waals surface area (Å²) in [5, 5.41) is 7.13. The van der Waals surface area contributed by atoms with E-state index in [4.69, 9.17) is 4.52 Å². The average Bonchev–Trinajstić information content (AvgIpc) is 2.85. The lowest BCUT2D eigenvalue weighted by Crippen LogP contribution is -2.33. The quantitative estimate of drug-likeness (QED) is 0.786. The average molecular weight is 208 g/mol. The van der Waals surface area contributed by atoms with Crippen molar-refractivity contribution in [3.63, 3.8) is 0 Å². The molecule has 2 saturated heterocycles. The van der Waals surface area contributed by atoms with E-state index < -0.39 is 0 Å². The fraction of sp³-hybridized carbons (Fsp3) is 0.800. The van der Waals surface area contributed by atoms with Crippen LogP contribution in [-0.4, -0.2) is 40.2 Å². The molecule has 0 spiro atoms. The van der Waals surface area contributed by atoms with Gasteiger partial charge in [-0.15, -0.1) is 0 Å². The molecule has 82 valence electrons. The Kier molecular flexibility index (Phi) is 2.12. The number of hydrogen-bond donors (Lipinski definition) is 1. The first-order chi connectivity index (χ1) is 7.33. The second-order valence-corrected chi connectivity index (χ2v) is 4.43. The van der Waals surface area contributed by atoms with Gasteiger partial charge in [-0.25, -0.2) is 0 Å². The molecule has 0 aliphatic carbocycles. The highest BCUT2D eigenvalue weighted by atomic mass is 16.5. The van der Waals surface area contributed by atoms with Crippen LogP contribution in [0.25, 0.3) is 0 Å². The van der Waals surface area contributed by atoms with Gasteiger partial charge >= 0.3 is 6.01 Å². The first kappa shape index (κ1) is 9.15. The predicted octanol–water partition coefficient (Wildman–Crippen LogP) is 1.03. The zero-order chi connectivity index (χ0) is 10.3. The van der Waals surface area contributed by atoms with E-state index in [1.54, 1.807) is 0 Å². The summed E-state index contributed by atoms with van der Waals surface area (Å²) >= 11 is 0. The molecule has 5 nitrogen and oxygen atoms in total. The van der Waals surface area contributed by atoms with Gasteiger partial charge in [-0.2, -0.15) is 4.98 Å². The van der Waals surface area contributed by atoms with Crippen molar-refractivity contribution in [2.24, 2.45) is 0 Å². The van der Waals surface area contributed by atoms with Gasteiger partial charge < -0.3 is 9.84 Å². The largest absolute Gasteiger partial charge is 0.333 e. The molecule has 0 aromatic carbocycles. The lowest BCUT2D eigenvalue weighted by molar-refractivity contribution is 0.316. The fourth-order valence-corrected chi connectivity index (χ4v) is 2.77. The van der Waals surface area contributed by atoms with E-state index in [2.05, 4.69) is 20.4 Å². The molecule has 1 N–H and O–H groups in total. The maximum atomic E-state index is 5.08. The number of anilines is 1. The summed E-state index contributed by atoms with van der Waals surface area (Å²) in [6, 6.07) is 1.75. The third-order valence-electron chi connectivity index (χ3n) is 3.44. The predicted molar refractivity (Wildman–Crippen MR) is 55.7 cm³/mol. The first-order valence-electron chi connectivity index (χ1n) is 5.64. The first-order valence-corrected chi connectivity index (χ1v) is 5.64. The van der Waals surface area contributed by atoms with Crippen LogP contribution in [0.4, 0.5) is 6.01 Å². The Balaban J connectivity index is 1.68. The Morgan fingerprint density at radius 1 is 1.40 bits per heavy atom. The minimum Gasteiger partial charge on any atom is -0.333 e. The van der Waals surface area contributed by atoms with Crippen molar-refractivity contribution < 1.29 is 4.52 Å². The summed E-state index contributed by atoms with van der Waals surface area (Å²) in [5.74, 6) is 0.693. The monoisotopic (exact) mass is 208 g/mol. The fourth-order valence-electron chi connectivity index (χ4n) is 2.77. The van der Waals surface area contributed by atoms with Gasteiger partial charge in [0.2, 0.25) is 0 Å². The molecule has 0 radical (unpaired) electrons. The molecule has 2 aliphatic rings. The van der Waals surface area contributed by atoms with Gasteiger partial charge in [0.25, 0.3) is 0 Å². The zero-order valence-corrected chi connectivity index (χ0v) is 8.94. The number of nitrogens with zero attached hydrogens (tertiary/aromatic N) is 3. The van der Waals surface area contributed by atoms with E-state index in [0.29, 0.717) is 23.9 Å². The highest BCUT2D eigenvalue weighted by Crippen LogP contribution is 2.29. The van der Waals surface area contributed by atoms with Crippen molar-refractivity contribution in [1.29, 1.82) is 0 Å². The molecule has 2 unspecified atom stereocenters. The van der Waals surface area contributed by atoms with E-state index >= 15 is 0 Å². The Hall–Kier alpha value is -1.10. The van der Waals surface area contributed by atoms with Crippen molar-refractivity contribution in [2.75, 3.05) is 18.4 Å². The second kappa shape index (κ2) is 3.48. The van der Waals surface area contributed by atoms with E-state index in [9.17, 15) is 0 Å². The summed E-state index contributed by atoms with van der Waals surface area (Å²) in [6.07, 6.45) is 3.81. The summed E-state index contributed by atoms with van der Waals surface area (Å²) in [4.78, 5) is 6.74. The summed E-state index contributed by atoms with van der Waals surface area (Å²) in [5.41, 5.74) is 0. The van der Waals surface area contributed by atoms with E-state index in [0.717, 1.165) is 0 Å². The number of aryl methyl sites for hydroxylation is 1. The molecule has 3 rings (SSSR count). The topological polar surface area (TPSA) is 54.2 Å². The molecule has 5 heteroatoms. The van der Waals surface area contributed by atoms with E-state index in [1.165, 1.54) is 32.4 Å². The molecule has 2 aliphatic heterocycles. The van der Waals surface area contributed by atoms with Crippen LogP contribution in [-0.2, 0) is 0 Å². The smallest absolute Gasteiger partial charge is 0.321 e. The van der Waals surface area contributed by atoms with Crippen molar-refractivity contribution in [3.8, 4) is 0 Å². The molecule has 3 heterocycles. The van der Waals surface area contributed by atoms with Crippen molar-refractivity contribution >= 4 is 6.01 Å². The maximum Gasteiger partial charge on any atom is 0.321 e. The van der Waals surface area contributed by atoms with Crippen LogP contribution in [0.1, 0.15) is 25.1 Å². The SMILES string of the molecule is Cc1noc(NC2CCN3CCCC23)n1. The Morgan fingerprint density at radius 2 is 2.33 bits per heavy atom. The van der Waals surface area contributed by atoms with Crippen LogP contribution < -0.4 is 5.32 Å². The highest BCUT2D eigenvalue weighted by Gasteiger charge is 2.37. The molecule has 0 bridgehead atoms. The molecule has 2 atom stereocenters. The third kappa shape index (κ3) is 1.61. The van der Waals surface area contributed by atoms with Gasteiger partial charge in [-0.1, -0.05) is 5.16 Å². The summed E-state index contributed by atoms with van der Waals surface area (Å²) in [7, 11) is 0. The van der Waals surface area contributed by atoms with Gasteiger partial charge in [0, 0.05) is 18.6 Å². The molecular weight excluding hydrogens is 192 g/mol. The van der Waals surface area contributed by atoms with Gasteiger partial charge in [0.1, 0.15) is 0 Å². The van der Waals surface area contributed by atoms with Crippen molar-refractivity contribution in [3.05, 3.63) is 5.82 Å². The number of fused-ring (bicyclic) bond motifs is 1. The van der Waals surface area contributed by atoms with Gasteiger partial charge in [0.15, 0.2) is 5.82 Å². The van der Waals surface area contributed by atoms with Crippen LogP contribution in [0.2, 0.25) is 0 Å². The van der Waals surface area contributed by atoms with Gasteiger partial charge in [-0.3, -0.25) is 4.90 Å². The molecule has 0 saturated carbocycles. The lowest BCUT2D eigenvalue weighted by atomic mass is 10.1. The van der Waals surface area contributed by atoms with Crippen molar-refractivity contribution in [2.45, 2.75) is 38.3 Å². The van der Waals surface area contributed by atoms with Crippen LogP contribution in [0.5, 0.6) is 0 Å². The molecule has 2 fully saturated rings. The Labute approximate surface area is 88.8 Å². The standard InChI is InChI=1S/C10H16N4O/c1-7-11-10(15-13-7)12-8-4-6-14-5-2-3-9(8)14/h8-9H,2-6H2,1H3,(H,11,12,13). The van der Waals surface area contributed by atoms with Crippen LogP contribution >= 0.6 is 0 Å². The third-order valence-corrected chi connectivity index (χ3v) is 3.44. The normalized spacial score (nSPS) is 30.7. The summed E-state index contributed by atoms with van der Waals surface area (Å²) in [6.45, 7) is 4.30. The van der Waals surface area contributed by atoms with Crippen LogP contribution in [0.3, 0.4) is 0 Å². The molecule has 0 amide bonds. The number of nitrogens with one attached hydrogen (secondary N) is 1. The molecule has 1 aromatic heterocycles. The minimum atomic E-state index is 0.493. The Bertz CT molecular complexity index is 351. The second-order valence-electron chi connectivity index (χ2n) is 4.43. The molecule has 1 aromatic rings. The molecular formula is C10H16N4O. The van der Waals surface area contributed by atoms with Crippen LogP contribution in [0.15, 0.2) is 4.52 Å². The lowest BCUT2D eigenvalue weighted by Gasteiger charge is -2.19. The van der Waals surface area contributed by atoms with E-state index in [1.807, 2.05) is 6.92 Å². The number of rotatable bonds is 2. The number of hydrogen-bond acceptors (Lipinski definition) is 5.